The number of nitrogen functional groups attached to an aromatic ring is 1. The van der Waals surface area contributed by atoms with Gasteiger partial charge in [-0.1, -0.05) is 6.92 Å². The van der Waals surface area contributed by atoms with Gasteiger partial charge in [0.15, 0.2) is 0 Å². The first-order chi connectivity index (χ1) is 8.52. The molecule has 96 valence electrons. The maximum atomic E-state index is 12.1. The van der Waals surface area contributed by atoms with E-state index in [0.717, 1.165) is 0 Å². The number of nitrogens with zero attached hydrogens (tertiary/aromatic N) is 2. The Hall–Kier alpha value is -2.38. The fourth-order valence-corrected chi connectivity index (χ4v) is 1.89. The third-order valence-electron chi connectivity index (χ3n) is 2.73. The summed E-state index contributed by atoms with van der Waals surface area (Å²) in [6, 6.07) is 0.714. The number of carbonyl (C=O) groups is 3. The molecule has 1 aromatic heterocycles. The van der Waals surface area contributed by atoms with E-state index in [0.29, 0.717) is 6.42 Å². The van der Waals surface area contributed by atoms with E-state index in [2.05, 4.69) is 15.5 Å². The molecule has 1 aliphatic rings. The molecule has 8 nitrogen and oxygen atoms in total. The lowest BCUT2D eigenvalue weighted by Crippen LogP contribution is -2.59. The summed E-state index contributed by atoms with van der Waals surface area (Å²) in [4.78, 5) is 36.3. The van der Waals surface area contributed by atoms with E-state index in [1.54, 1.807) is 6.92 Å². The Morgan fingerprint density at radius 2 is 2.33 bits per heavy atom. The Kier molecular flexibility index (Phi) is 3.00. The fraction of sp³-hybridized carbons (Fsp3) is 0.400. The molecule has 1 fully saturated rings. The zero-order valence-corrected chi connectivity index (χ0v) is 9.77. The highest BCUT2D eigenvalue weighted by molar-refractivity contribution is 6.06. The van der Waals surface area contributed by atoms with Crippen molar-refractivity contribution in [3.8, 4) is 0 Å². The number of amides is 3. The molecule has 2 rings (SSSR count). The smallest absolute Gasteiger partial charge is 0.273 e. The Balaban J connectivity index is 2.26. The van der Waals surface area contributed by atoms with Crippen LogP contribution in [0.1, 0.15) is 23.8 Å². The Morgan fingerprint density at radius 1 is 1.61 bits per heavy atom. The molecular weight excluding hydrogens is 238 g/mol. The van der Waals surface area contributed by atoms with Gasteiger partial charge in [-0.2, -0.15) is 5.10 Å². The van der Waals surface area contributed by atoms with Crippen LogP contribution in [0.25, 0.3) is 0 Å². The summed E-state index contributed by atoms with van der Waals surface area (Å²) >= 11 is 0. The van der Waals surface area contributed by atoms with Gasteiger partial charge < -0.3 is 10.6 Å². The van der Waals surface area contributed by atoms with Crippen LogP contribution in [0.15, 0.2) is 6.07 Å². The minimum atomic E-state index is -0.653. The SMILES string of the molecule is CCC1C(=O)NC(=O)CN1C(=O)c1cc(N)n[nH]1. The average molecular weight is 251 g/mol. The second kappa shape index (κ2) is 4.47. The number of carbonyl (C=O) groups excluding carboxylic acids is 3. The summed E-state index contributed by atoms with van der Waals surface area (Å²) < 4.78 is 0. The molecule has 1 atom stereocenters. The fourth-order valence-electron chi connectivity index (χ4n) is 1.89. The molecular formula is C10H13N5O3. The molecule has 1 aliphatic heterocycles. The van der Waals surface area contributed by atoms with Gasteiger partial charge in [-0.05, 0) is 6.42 Å². The van der Waals surface area contributed by atoms with Gasteiger partial charge in [0, 0.05) is 6.07 Å². The maximum absolute atomic E-state index is 12.1. The number of aromatic amines is 1. The molecule has 2 heterocycles. The summed E-state index contributed by atoms with van der Waals surface area (Å²) in [6.45, 7) is 1.61. The number of hydrogen-bond acceptors (Lipinski definition) is 5. The van der Waals surface area contributed by atoms with Crippen LogP contribution in [0.5, 0.6) is 0 Å². The highest BCUT2D eigenvalue weighted by Gasteiger charge is 2.36. The second-order valence-corrected chi connectivity index (χ2v) is 3.98. The van der Waals surface area contributed by atoms with Gasteiger partial charge in [0.2, 0.25) is 11.8 Å². The molecule has 0 aromatic carbocycles. The van der Waals surface area contributed by atoms with Crippen molar-refractivity contribution in [2.75, 3.05) is 12.3 Å². The van der Waals surface area contributed by atoms with E-state index in [4.69, 9.17) is 5.73 Å². The monoisotopic (exact) mass is 251 g/mol. The highest BCUT2D eigenvalue weighted by atomic mass is 16.2. The number of imide groups is 1. The lowest BCUT2D eigenvalue weighted by Gasteiger charge is -2.32. The van der Waals surface area contributed by atoms with Crippen LogP contribution in [0.4, 0.5) is 5.82 Å². The average Bonchev–Trinajstić information content (AvgIpc) is 2.74. The lowest BCUT2D eigenvalue weighted by molar-refractivity contribution is -0.138. The van der Waals surface area contributed by atoms with E-state index in [1.807, 2.05) is 0 Å². The predicted molar refractivity (Wildman–Crippen MR) is 61.3 cm³/mol. The van der Waals surface area contributed by atoms with Crippen LogP contribution >= 0.6 is 0 Å². The number of hydrogen-bond donors (Lipinski definition) is 3. The molecule has 1 saturated heterocycles. The van der Waals surface area contributed by atoms with E-state index < -0.39 is 23.8 Å². The normalized spacial score (nSPS) is 19.8. The molecule has 1 aromatic rings. The van der Waals surface area contributed by atoms with E-state index in [-0.39, 0.29) is 18.1 Å². The second-order valence-electron chi connectivity index (χ2n) is 3.98. The van der Waals surface area contributed by atoms with E-state index in [1.165, 1.54) is 11.0 Å². The molecule has 0 aliphatic carbocycles. The summed E-state index contributed by atoms with van der Waals surface area (Å²) in [7, 11) is 0. The van der Waals surface area contributed by atoms with Crippen molar-refractivity contribution in [3.63, 3.8) is 0 Å². The third kappa shape index (κ3) is 2.04. The summed E-state index contributed by atoms with van der Waals surface area (Å²) in [6.07, 6.45) is 0.425. The Bertz CT molecular complexity index is 509. The van der Waals surface area contributed by atoms with Crippen molar-refractivity contribution in [3.05, 3.63) is 11.8 Å². The van der Waals surface area contributed by atoms with Crippen molar-refractivity contribution in [1.29, 1.82) is 0 Å². The number of aromatic nitrogens is 2. The number of H-pyrrole nitrogens is 1. The standard InChI is InChI=1S/C10H13N5O3/c1-2-6-9(17)12-8(16)4-15(6)10(18)5-3-7(11)14-13-5/h3,6H,2,4H2,1H3,(H3,11,13,14)(H,12,16,17). The lowest BCUT2D eigenvalue weighted by atomic mass is 10.1. The van der Waals surface area contributed by atoms with Gasteiger partial charge in [-0.3, -0.25) is 24.8 Å². The van der Waals surface area contributed by atoms with Crippen molar-refractivity contribution in [2.24, 2.45) is 0 Å². The Labute approximate surface area is 103 Å². The minimum absolute atomic E-state index is 0.151. The number of nitrogens with one attached hydrogen (secondary N) is 2. The topological polar surface area (TPSA) is 121 Å². The molecule has 0 bridgehead atoms. The quantitative estimate of drug-likeness (QED) is 0.574. The molecule has 0 radical (unpaired) electrons. The number of anilines is 1. The molecule has 18 heavy (non-hydrogen) atoms. The first-order valence-electron chi connectivity index (χ1n) is 5.48. The van der Waals surface area contributed by atoms with Crippen LogP contribution in [0, 0.1) is 0 Å². The highest BCUT2D eigenvalue weighted by Crippen LogP contribution is 2.13. The van der Waals surface area contributed by atoms with Crippen molar-refractivity contribution < 1.29 is 14.4 Å². The molecule has 0 saturated carbocycles. The van der Waals surface area contributed by atoms with Gasteiger partial charge in [-0.15, -0.1) is 0 Å². The van der Waals surface area contributed by atoms with Gasteiger partial charge in [0.25, 0.3) is 5.91 Å². The van der Waals surface area contributed by atoms with Crippen molar-refractivity contribution in [2.45, 2.75) is 19.4 Å². The zero-order valence-electron chi connectivity index (χ0n) is 9.77. The van der Waals surface area contributed by atoms with Gasteiger partial charge >= 0.3 is 0 Å². The van der Waals surface area contributed by atoms with E-state index >= 15 is 0 Å². The third-order valence-corrected chi connectivity index (χ3v) is 2.73. The van der Waals surface area contributed by atoms with Crippen LogP contribution in [-0.2, 0) is 9.59 Å². The van der Waals surface area contributed by atoms with Crippen LogP contribution in [0.3, 0.4) is 0 Å². The molecule has 8 heteroatoms. The Morgan fingerprint density at radius 3 is 2.89 bits per heavy atom. The first-order valence-corrected chi connectivity index (χ1v) is 5.48. The summed E-state index contributed by atoms with van der Waals surface area (Å²) in [5.74, 6) is -1.24. The van der Waals surface area contributed by atoms with Gasteiger partial charge in [-0.25, -0.2) is 0 Å². The molecule has 0 spiro atoms. The predicted octanol–water partition coefficient (Wildman–Crippen LogP) is -1.13. The van der Waals surface area contributed by atoms with E-state index in [9.17, 15) is 14.4 Å². The number of nitrogens with two attached hydrogens (primary N) is 1. The minimum Gasteiger partial charge on any atom is -0.382 e. The van der Waals surface area contributed by atoms with Gasteiger partial charge in [0.1, 0.15) is 24.1 Å². The number of rotatable bonds is 2. The molecule has 4 N–H and O–H groups in total. The largest absolute Gasteiger partial charge is 0.382 e. The zero-order chi connectivity index (χ0) is 13.3. The van der Waals surface area contributed by atoms with Crippen molar-refractivity contribution in [1.82, 2.24) is 20.4 Å². The summed E-state index contributed by atoms with van der Waals surface area (Å²) in [5, 5.41) is 8.31. The first kappa shape index (κ1) is 12.1. The van der Waals surface area contributed by atoms with Crippen molar-refractivity contribution >= 4 is 23.5 Å². The maximum Gasteiger partial charge on any atom is 0.273 e. The molecule has 1 unspecified atom stereocenters. The molecule has 3 amide bonds. The number of piperazine rings is 1. The van der Waals surface area contributed by atoms with Crippen LogP contribution in [0.2, 0.25) is 0 Å². The van der Waals surface area contributed by atoms with Crippen LogP contribution in [-0.4, -0.2) is 45.4 Å². The van der Waals surface area contributed by atoms with Crippen LogP contribution < -0.4 is 11.1 Å². The van der Waals surface area contributed by atoms with Gasteiger partial charge in [0.05, 0.1) is 0 Å². The summed E-state index contributed by atoms with van der Waals surface area (Å²) in [5.41, 5.74) is 5.57.